The molecule has 1 aromatic carbocycles. The molecule has 6 heteroatoms. The monoisotopic (exact) mass is 339 g/mol. The van der Waals surface area contributed by atoms with Gasteiger partial charge in [0.15, 0.2) is 0 Å². The highest BCUT2D eigenvalue weighted by Gasteiger charge is 2.34. The highest BCUT2D eigenvalue weighted by molar-refractivity contribution is 5.98. The van der Waals surface area contributed by atoms with Crippen molar-refractivity contribution < 1.29 is 14.1 Å². The molecule has 1 aliphatic heterocycles. The van der Waals surface area contributed by atoms with Gasteiger partial charge in [0.25, 0.3) is 5.91 Å². The van der Waals surface area contributed by atoms with Crippen molar-refractivity contribution in [3.63, 3.8) is 0 Å². The molecule has 1 N–H and O–H groups in total. The molecule has 25 heavy (non-hydrogen) atoms. The van der Waals surface area contributed by atoms with E-state index in [0.717, 1.165) is 53.1 Å². The molecule has 0 spiro atoms. The standard InChI is InChI=1S/C19H21N3O3/c1-11-18(12(2)25-21-11)17-5-4-8-22(17)19(23)16-10-13-9-14(24-3)6-7-15(13)20-16/h6-7,9-10,17,20H,4-5,8H2,1-3H3/t17-/m1/s1. The molecule has 0 saturated carbocycles. The molecule has 1 saturated heterocycles. The van der Waals surface area contributed by atoms with Gasteiger partial charge in [-0.2, -0.15) is 0 Å². The van der Waals surface area contributed by atoms with Gasteiger partial charge >= 0.3 is 0 Å². The van der Waals surface area contributed by atoms with Crippen molar-refractivity contribution in [2.75, 3.05) is 13.7 Å². The molecule has 3 heterocycles. The van der Waals surface area contributed by atoms with Crippen molar-refractivity contribution in [1.82, 2.24) is 15.0 Å². The lowest BCUT2D eigenvalue weighted by atomic mass is 10.0. The fraction of sp³-hybridized carbons (Fsp3) is 0.368. The number of nitrogens with zero attached hydrogens (tertiary/aromatic N) is 2. The number of hydrogen-bond donors (Lipinski definition) is 1. The summed E-state index contributed by atoms with van der Waals surface area (Å²) in [4.78, 5) is 18.3. The van der Waals surface area contributed by atoms with Gasteiger partial charge in [-0.3, -0.25) is 4.79 Å². The Bertz CT molecular complexity index is 921. The Labute approximate surface area is 145 Å². The maximum Gasteiger partial charge on any atom is 0.270 e. The van der Waals surface area contributed by atoms with Gasteiger partial charge in [-0.25, -0.2) is 0 Å². The fourth-order valence-corrected chi connectivity index (χ4v) is 3.78. The molecule has 0 unspecified atom stereocenters. The van der Waals surface area contributed by atoms with Gasteiger partial charge in [0.1, 0.15) is 17.2 Å². The number of methoxy groups -OCH3 is 1. The highest BCUT2D eigenvalue weighted by atomic mass is 16.5. The highest BCUT2D eigenvalue weighted by Crippen LogP contribution is 2.36. The molecule has 1 atom stereocenters. The summed E-state index contributed by atoms with van der Waals surface area (Å²) in [5.41, 5.74) is 3.44. The SMILES string of the molecule is COc1ccc2[nH]c(C(=O)N3CCC[C@@H]3c3c(C)noc3C)cc2c1. The zero-order valence-corrected chi connectivity index (χ0v) is 14.6. The van der Waals surface area contributed by atoms with Gasteiger partial charge in [0.05, 0.1) is 18.8 Å². The topological polar surface area (TPSA) is 71.4 Å². The first-order valence-electron chi connectivity index (χ1n) is 8.49. The van der Waals surface area contributed by atoms with Crippen molar-refractivity contribution in [1.29, 1.82) is 0 Å². The minimum atomic E-state index is 0.0117. The average molecular weight is 339 g/mol. The van der Waals surface area contributed by atoms with Crippen LogP contribution in [0.3, 0.4) is 0 Å². The van der Waals surface area contributed by atoms with Crippen LogP contribution >= 0.6 is 0 Å². The van der Waals surface area contributed by atoms with Crippen molar-refractivity contribution in [2.45, 2.75) is 32.7 Å². The van der Waals surface area contributed by atoms with Crippen LogP contribution in [0.1, 0.15) is 46.4 Å². The molecule has 130 valence electrons. The average Bonchev–Trinajstić information content (AvgIpc) is 3.32. The zero-order chi connectivity index (χ0) is 17.6. The van der Waals surface area contributed by atoms with E-state index in [2.05, 4.69) is 10.1 Å². The van der Waals surface area contributed by atoms with Crippen molar-refractivity contribution in [3.05, 3.63) is 47.0 Å². The predicted molar refractivity (Wildman–Crippen MR) is 93.8 cm³/mol. The summed E-state index contributed by atoms with van der Waals surface area (Å²) in [7, 11) is 1.64. The molecule has 1 aliphatic rings. The fourth-order valence-electron chi connectivity index (χ4n) is 3.78. The number of H-pyrrole nitrogens is 1. The second kappa shape index (κ2) is 5.95. The summed E-state index contributed by atoms with van der Waals surface area (Å²) in [5.74, 6) is 1.58. The zero-order valence-electron chi connectivity index (χ0n) is 14.6. The van der Waals surface area contributed by atoms with E-state index >= 15 is 0 Å². The van der Waals surface area contributed by atoms with E-state index in [1.165, 1.54) is 0 Å². The lowest BCUT2D eigenvalue weighted by Gasteiger charge is -2.24. The quantitative estimate of drug-likeness (QED) is 0.789. The van der Waals surface area contributed by atoms with Gasteiger partial charge in [0.2, 0.25) is 0 Å². The van der Waals surface area contributed by atoms with E-state index in [1.54, 1.807) is 7.11 Å². The normalized spacial score (nSPS) is 17.4. The third-order valence-corrected chi connectivity index (χ3v) is 4.99. The van der Waals surface area contributed by atoms with Gasteiger partial charge in [-0.15, -0.1) is 0 Å². The number of amides is 1. The summed E-state index contributed by atoms with van der Waals surface area (Å²) >= 11 is 0. The molecular formula is C19H21N3O3. The molecule has 0 bridgehead atoms. The molecule has 2 aromatic heterocycles. The number of carbonyl (C=O) groups is 1. The Morgan fingerprint density at radius 1 is 1.36 bits per heavy atom. The molecular weight excluding hydrogens is 318 g/mol. The van der Waals surface area contributed by atoms with Crippen LogP contribution < -0.4 is 4.74 Å². The molecule has 6 nitrogen and oxygen atoms in total. The van der Waals surface area contributed by atoms with Crippen LogP contribution in [0.25, 0.3) is 10.9 Å². The maximum atomic E-state index is 13.1. The lowest BCUT2D eigenvalue weighted by molar-refractivity contribution is 0.0729. The number of fused-ring (bicyclic) bond motifs is 1. The van der Waals surface area contributed by atoms with E-state index in [1.807, 2.05) is 43.0 Å². The molecule has 4 rings (SSSR count). The number of nitrogens with one attached hydrogen (secondary N) is 1. The first-order chi connectivity index (χ1) is 12.1. The third kappa shape index (κ3) is 2.58. The lowest BCUT2D eigenvalue weighted by Crippen LogP contribution is -2.31. The maximum absolute atomic E-state index is 13.1. The summed E-state index contributed by atoms with van der Waals surface area (Å²) in [6.07, 6.45) is 1.91. The van der Waals surface area contributed by atoms with Gasteiger partial charge in [-0.05, 0) is 51.0 Å². The van der Waals surface area contributed by atoms with Gasteiger partial charge in [0, 0.05) is 23.0 Å². The Hall–Kier alpha value is -2.76. The number of aromatic nitrogens is 2. The second-order valence-corrected chi connectivity index (χ2v) is 6.53. The van der Waals surface area contributed by atoms with Crippen LogP contribution in [0.2, 0.25) is 0 Å². The van der Waals surface area contributed by atoms with E-state index in [-0.39, 0.29) is 11.9 Å². The van der Waals surface area contributed by atoms with E-state index < -0.39 is 0 Å². The summed E-state index contributed by atoms with van der Waals surface area (Å²) in [6.45, 7) is 4.58. The number of aryl methyl sites for hydroxylation is 2. The molecule has 3 aromatic rings. The molecule has 1 amide bonds. The van der Waals surface area contributed by atoms with E-state index in [4.69, 9.17) is 9.26 Å². The smallest absolute Gasteiger partial charge is 0.270 e. The number of ether oxygens (including phenoxy) is 1. The van der Waals surface area contributed by atoms with E-state index in [9.17, 15) is 4.79 Å². The summed E-state index contributed by atoms with van der Waals surface area (Å²) in [6, 6.07) is 7.66. The van der Waals surface area contributed by atoms with E-state index in [0.29, 0.717) is 5.69 Å². The molecule has 1 fully saturated rings. The summed E-state index contributed by atoms with van der Waals surface area (Å²) < 4.78 is 10.6. The number of rotatable bonds is 3. The molecule has 0 aliphatic carbocycles. The first kappa shape index (κ1) is 15.7. The second-order valence-electron chi connectivity index (χ2n) is 6.53. The molecule has 0 radical (unpaired) electrons. The first-order valence-corrected chi connectivity index (χ1v) is 8.49. The van der Waals surface area contributed by atoms with Crippen LogP contribution in [0.4, 0.5) is 0 Å². The predicted octanol–water partition coefficient (Wildman–Crippen LogP) is 3.76. The van der Waals surface area contributed by atoms with Crippen molar-refractivity contribution in [2.24, 2.45) is 0 Å². The van der Waals surface area contributed by atoms with Crippen LogP contribution in [-0.2, 0) is 0 Å². The number of benzene rings is 1. The number of aromatic amines is 1. The van der Waals surface area contributed by atoms with Crippen LogP contribution in [0, 0.1) is 13.8 Å². The van der Waals surface area contributed by atoms with Crippen LogP contribution in [0.15, 0.2) is 28.8 Å². The Balaban J connectivity index is 1.68. The minimum absolute atomic E-state index is 0.0117. The van der Waals surface area contributed by atoms with Crippen molar-refractivity contribution >= 4 is 16.8 Å². The Morgan fingerprint density at radius 3 is 2.92 bits per heavy atom. The number of carbonyl (C=O) groups excluding carboxylic acids is 1. The third-order valence-electron chi connectivity index (χ3n) is 4.99. The number of likely N-dealkylation sites (tertiary alicyclic amines) is 1. The van der Waals surface area contributed by atoms with Gasteiger partial charge in [-0.1, -0.05) is 5.16 Å². The Kier molecular flexibility index (Phi) is 3.75. The van der Waals surface area contributed by atoms with Gasteiger partial charge < -0.3 is 19.1 Å². The Morgan fingerprint density at radius 2 is 2.20 bits per heavy atom. The minimum Gasteiger partial charge on any atom is -0.497 e. The largest absolute Gasteiger partial charge is 0.497 e. The van der Waals surface area contributed by atoms with Crippen LogP contribution in [-0.4, -0.2) is 34.6 Å². The van der Waals surface area contributed by atoms with Crippen LogP contribution in [0.5, 0.6) is 5.75 Å². The summed E-state index contributed by atoms with van der Waals surface area (Å²) in [5, 5.41) is 5.01. The number of hydrogen-bond acceptors (Lipinski definition) is 4. The van der Waals surface area contributed by atoms with Crippen molar-refractivity contribution in [3.8, 4) is 5.75 Å².